The molecular formula is C9H15FN4O2. The molecule has 1 aliphatic heterocycles. The van der Waals surface area contributed by atoms with E-state index in [0.29, 0.717) is 19.5 Å². The van der Waals surface area contributed by atoms with Gasteiger partial charge in [0.25, 0.3) is 0 Å². The fourth-order valence-electron chi connectivity index (χ4n) is 1.86. The molecule has 0 aromatic rings. The van der Waals surface area contributed by atoms with Gasteiger partial charge in [0.15, 0.2) is 0 Å². The normalized spacial score (nSPS) is 25.0. The molecule has 1 heterocycles. The molecule has 7 heteroatoms. The van der Waals surface area contributed by atoms with E-state index in [9.17, 15) is 14.3 Å². The van der Waals surface area contributed by atoms with Crippen LogP contribution in [0.3, 0.4) is 0 Å². The second-order valence-electron chi connectivity index (χ2n) is 3.82. The summed E-state index contributed by atoms with van der Waals surface area (Å²) in [7, 11) is 0. The van der Waals surface area contributed by atoms with Crippen LogP contribution in [0.5, 0.6) is 0 Å². The molecule has 1 amide bonds. The molecule has 1 N–H and O–H groups in total. The van der Waals surface area contributed by atoms with Crippen molar-refractivity contribution in [3.05, 3.63) is 10.4 Å². The second kappa shape index (κ2) is 6.30. The first-order valence-corrected chi connectivity index (χ1v) is 5.21. The Morgan fingerprint density at radius 2 is 2.44 bits per heavy atom. The van der Waals surface area contributed by atoms with Gasteiger partial charge in [0.1, 0.15) is 6.54 Å². The van der Waals surface area contributed by atoms with Gasteiger partial charge in [-0.3, -0.25) is 9.18 Å². The SMILES string of the molecule is [N-]=[N+]=NCC(=O)N1CCC(O)C(CCF)C1. The van der Waals surface area contributed by atoms with E-state index in [2.05, 4.69) is 10.0 Å². The molecule has 0 bridgehead atoms. The standard InChI is InChI=1S/C9H15FN4O2/c10-3-1-7-6-14(4-2-8(7)15)9(16)5-12-13-11/h7-8,15H,1-6H2. The highest BCUT2D eigenvalue weighted by Crippen LogP contribution is 2.20. The Hall–Kier alpha value is -1.33. The third-order valence-corrected chi connectivity index (χ3v) is 2.80. The number of hydrogen-bond acceptors (Lipinski definition) is 3. The van der Waals surface area contributed by atoms with Crippen molar-refractivity contribution in [2.45, 2.75) is 18.9 Å². The molecule has 90 valence electrons. The number of likely N-dealkylation sites (tertiary alicyclic amines) is 1. The van der Waals surface area contributed by atoms with Gasteiger partial charge in [-0.15, -0.1) is 0 Å². The monoisotopic (exact) mass is 230 g/mol. The van der Waals surface area contributed by atoms with E-state index in [1.54, 1.807) is 0 Å². The maximum absolute atomic E-state index is 12.2. The lowest BCUT2D eigenvalue weighted by Crippen LogP contribution is -2.46. The molecule has 1 rings (SSSR count). The first kappa shape index (κ1) is 12.7. The van der Waals surface area contributed by atoms with Crippen molar-refractivity contribution in [3.63, 3.8) is 0 Å². The molecule has 1 aliphatic rings. The van der Waals surface area contributed by atoms with Crippen molar-refractivity contribution >= 4 is 5.91 Å². The number of carbonyl (C=O) groups is 1. The lowest BCUT2D eigenvalue weighted by atomic mass is 9.92. The predicted molar refractivity (Wildman–Crippen MR) is 55.3 cm³/mol. The summed E-state index contributed by atoms with van der Waals surface area (Å²) in [6, 6.07) is 0. The summed E-state index contributed by atoms with van der Waals surface area (Å²) in [6.07, 6.45) is 0.165. The number of piperidine rings is 1. The van der Waals surface area contributed by atoms with Gasteiger partial charge in [0.05, 0.1) is 12.8 Å². The summed E-state index contributed by atoms with van der Waals surface area (Å²) in [5, 5.41) is 12.8. The van der Waals surface area contributed by atoms with Crippen molar-refractivity contribution in [1.29, 1.82) is 0 Å². The molecule has 2 unspecified atom stereocenters. The summed E-state index contributed by atoms with van der Waals surface area (Å²) in [5.74, 6) is -0.484. The van der Waals surface area contributed by atoms with Crippen LogP contribution in [0.25, 0.3) is 10.4 Å². The third-order valence-electron chi connectivity index (χ3n) is 2.80. The summed E-state index contributed by atoms with van der Waals surface area (Å²) < 4.78 is 12.2. The van der Waals surface area contributed by atoms with Gasteiger partial charge in [-0.1, -0.05) is 5.11 Å². The van der Waals surface area contributed by atoms with Crippen molar-refractivity contribution in [3.8, 4) is 0 Å². The van der Waals surface area contributed by atoms with Gasteiger partial charge >= 0.3 is 0 Å². The van der Waals surface area contributed by atoms with Crippen LogP contribution in [0, 0.1) is 5.92 Å². The number of aliphatic hydroxyl groups excluding tert-OH is 1. The summed E-state index contributed by atoms with van der Waals surface area (Å²) in [6.45, 7) is 0.0592. The first-order chi connectivity index (χ1) is 7.69. The molecule has 1 saturated heterocycles. The molecule has 0 spiro atoms. The topological polar surface area (TPSA) is 89.3 Å². The number of hydrogen-bond donors (Lipinski definition) is 1. The van der Waals surface area contributed by atoms with Gasteiger partial charge in [0.2, 0.25) is 5.91 Å². The van der Waals surface area contributed by atoms with E-state index in [1.165, 1.54) is 4.90 Å². The number of azide groups is 1. The zero-order valence-corrected chi connectivity index (χ0v) is 8.92. The van der Waals surface area contributed by atoms with Crippen LogP contribution in [0.1, 0.15) is 12.8 Å². The van der Waals surface area contributed by atoms with Crippen LogP contribution in [0.4, 0.5) is 4.39 Å². The maximum atomic E-state index is 12.2. The van der Waals surface area contributed by atoms with Crippen LogP contribution < -0.4 is 0 Å². The molecule has 16 heavy (non-hydrogen) atoms. The number of rotatable bonds is 4. The average molecular weight is 230 g/mol. The fraction of sp³-hybridized carbons (Fsp3) is 0.889. The van der Waals surface area contributed by atoms with Crippen molar-refractivity contribution in [2.24, 2.45) is 11.0 Å². The Kier molecular flexibility index (Phi) is 5.01. The molecule has 0 aliphatic carbocycles. The smallest absolute Gasteiger partial charge is 0.228 e. The number of nitrogens with zero attached hydrogens (tertiary/aromatic N) is 4. The van der Waals surface area contributed by atoms with Crippen LogP contribution in [0.15, 0.2) is 5.11 Å². The minimum Gasteiger partial charge on any atom is -0.393 e. The second-order valence-corrected chi connectivity index (χ2v) is 3.82. The Balaban J connectivity index is 2.50. The molecule has 6 nitrogen and oxygen atoms in total. The first-order valence-electron chi connectivity index (χ1n) is 5.21. The third kappa shape index (κ3) is 3.36. The van der Waals surface area contributed by atoms with Crippen LogP contribution >= 0.6 is 0 Å². The summed E-state index contributed by atoms with van der Waals surface area (Å²) in [4.78, 5) is 15.5. The average Bonchev–Trinajstić information content (AvgIpc) is 2.29. The largest absolute Gasteiger partial charge is 0.393 e. The van der Waals surface area contributed by atoms with Crippen molar-refractivity contribution < 1.29 is 14.3 Å². The molecule has 0 aromatic carbocycles. The maximum Gasteiger partial charge on any atom is 0.228 e. The van der Waals surface area contributed by atoms with Gasteiger partial charge in [0, 0.05) is 23.9 Å². The van der Waals surface area contributed by atoms with Crippen molar-refractivity contribution in [2.75, 3.05) is 26.3 Å². The molecular weight excluding hydrogens is 215 g/mol. The van der Waals surface area contributed by atoms with E-state index in [1.807, 2.05) is 0 Å². The Labute approximate surface area is 92.7 Å². The van der Waals surface area contributed by atoms with E-state index in [0.717, 1.165) is 0 Å². The quantitative estimate of drug-likeness (QED) is 0.441. The highest BCUT2D eigenvalue weighted by Gasteiger charge is 2.29. The predicted octanol–water partition coefficient (Wildman–Crippen LogP) is 0.866. The summed E-state index contributed by atoms with van der Waals surface area (Å²) in [5.41, 5.74) is 8.09. The molecule has 0 aromatic heterocycles. The highest BCUT2D eigenvalue weighted by atomic mass is 19.1. The van der Waals surface area contributed by atoms with Gasteiger partial charge in [-0.25, -0.2) is 0 Å². The molecule has 0 radical (unpaired) electrons. The minimum absolute atomic E-state index is 0.213. The molecule has 1 fully saturated rings. The van der Waals surface area contributed by atoms with E-state index in [-0.39, 0.29) is 24.8 Å². The van der Waals surface area contributed by atoms with Crippen LogP contribution in [-0.2, 0) is 4.79 Å². The van der Waals surface area contributed by atoms with Crippen molar-refractivity contribution in [1.82, 2.24) is 4.90 Å². The zero-order chi connectivity index (χ0) is 12.0. The Morgan fingerprint density at radius 3 is 3.06 bits per heavy atom. The van der Waals surface area contributed by atoms with Crippen LogP contribution in [0.2, 0.25) is 0 Å². The lowest BCUT2D eigenvalue weighted by molar-refractivity contribution is -0.133. The van der Waals surface area contributed by atoms with Gasteiger partial charge < -0.3 is 10.0 Å². The van der Waals surface area contributed by atoms with Gasteiger partial charge in [-0.2, -0.15) is 0 Å². The number of aliphatic hydroxyl groups is 1. The number of alkyl halides is 1. The zero-order valence-electron chi connectivity index (χ0n) is 8.92. The highest BCUT2D eigenvalue weighted by molar-refractivity contribution is 5.78. The Bertz CT molecular complexity index is 293. The Morgan fingerprint density at radius 1 is 1.69 bits per heavy atom. The number of amides is 1. The number of carbonyl (C=O) groups excluding carboxylic acids is 1. The van der Waals surface area contributed by atoms with E-state index < -0.39 is 12.8 Å². The molecule has 0 saturated carbocycles. The fourth-order valence-corrected chi connectivity index (χ4v) is 1.86. The number of halogens is 1. The lowest BCUT2D eigenvalue weighted by Gasteiger charge is -2.35. The van der Waals surface area contributed by atoms with Crippen LogP contribution in [-0.4, -0.2) is 48.3 Å². The van der Waals surface area contributed by atoms with E-state index in [4.69, 9.17) is 5.53 Å². The van der Waals surface area contributed by atoms with Gasteiger partial charge in [-0.05, 0) is 18.4 Å². The summed E-state index contributed by atoms with van der Waals surface area (Å²) >= 11 is 0. The minimum atomic E-state index is -0.542. The van der Waals surface area contributed by atoms with E-state index >= 15 is 0 Å². The molecule has 2 atom stereocenters.